The topological polar surface area (TPSA) is 54.0 Å². The monoisotopic (exact) mass is 409 g/mol. The summed E-state index contributed by atoms with van der Waals surface area (Å²) in [7, 11) is 0. The molecule has 0 bridgehead atoms. The molecule has 0 aliphatic carbocycles. The van der Waals surface area contributed by atoms with Crippen molar-refractivity contribution in [1.82, 2.24) is 10.3 Å². The van der Waals surface area contributed by atoms with E-state index in [1.807, 2.05) is 19.9 Å². The highest BCUT2D eigenvalue weighted by Crippen LogP contribution is 2.30. The third-order valence-corrected chi connectivity index (χ3v) is 5.44. The lowest BCUT2D eigenvalue weighted by molar-refractivity contribution is 0.0978. The van der Waals surface area contributed by atoms with E-state index in [1.54, 1.807) is 12.1 Å². The van der Waals surface area contributed by atoms with Crippen LogP contribution in [-0.4, -0.2) is 16.0 Å². The fourth-order valence-corrected chi connectivity index (χ4v) is 3.93. The van der Waals surface area contributed by atoms with Gasteiger partial charge in [-0.3, -0.25) is 10.1 Å². The summed E-state index contributed by atoms with van der Waals surface area (Å²) in [5.41, 5.74) is 3.42. The molecule has 1 heterocycles. The van der Waals surface area contributed by atoms with Crippen molar-refractivity contribution >= 4 is 73.1 Å². The van der Waals surface area contributed by atoms with Gasteiger partial charge in [-0.2, -0.15) is 0 Å². The number of nitrogens with zero attached hydrogens (tertiary/aromatic N) is 1. The van der Waals surface area contributed by atoms with Crippen LogP contribution in [0.25, 0.3) is 10.2 Å². The van der Waals surface area contributed by atoms with Gasteiger partial charge in [0.05, 0.1) is 20.8 Å². The Balaban J connectivity index is 1.76. The van der Waals surface area contributed by atoms with Crippen molar-refractivity contribution in [1.29, 1.82) is 0 Å². The molecule has 0 saturated carbocycles. The van der Waals surface area contributed by atoms with Crippen LogP contribution in [0, 0.1) is 13.8 Å². The number of amides is 1. The van der Waals surface area contributed by atoms with E-state index in [0.717, 1.165) is 21.3 Å². The number of halogens is 2. The van der Waals surface area contributed by atoms with Crippen LogP contribution in [0.3, 0.4) is 0 Å². The average molecular weight is 410 g/mol. The molecule has 3 aromatic rings. The Labute approximate surface area is 164 Å². The normalized spacial score (nSPS) is 10.7. The maximum atomic E-state index is 12.3. The molecule has 1 amide bonds. The van der Waals surface area contributed by atoms with Gasteiger partial charge in [0.2, 0.25) is 0 Å². The van der Waals surface area contributed by atoms with Crippen LogP contribution in [0.15, 0.2) is 30.3 Å². The number of thiocarbonyl (C=S) groups is 1. The first-order valence-electron chi connectivity index (χ1n) is 7.29. The maximum absolute atomic E-state index is 12.3. The Hall–Kier alpha value is -1.73. The van der Waals surface area contributed by atoms with E-state index < -0.39 is 5.91 Å². The van der Waals surface area contributed by atoms with Crippen molar-refractivity contribution in [3.8, 4) is 0 Å². The second-order valence-electron chi connectivity index (χ2n) is 5.43. The van der Waals surface area contributed by atoms with Gasteiger partial charge >= 0.3 is 0 Å². The highest BCUT2D eigenvalue weighted by molar-refractivity contribution is 7.80. The zero-order valence-corrected chi connectivity index (χ0v) is 16.5. The first-order chi connectivity index (χ1) is 11.8. The van der Waals surface area contributed by atoms with E-state index in [2.05, 4.69) is 21.7 Å². The molecular weight excluding hydrogens is 397 g/mol. The number of anilines is 1. The number of benzene rings is 2. The molecule has 0 radical (unpaired) electrons. The molecule has 0 saturated heterocycles. The number of aromatic nitrogens is 1. The predicted octanol–water partition coefficient (Wildman–Crippen LogP) is 5.35. The van der Waals surface area contributed by atoms with Crippen LogP contribution in [0.2, 0.25) is 10.0 Å². The standard InChI is InChI=1S/C17H13Cl2N3OS2/c1-8-3-4-9(2)14-13(8)20-17(25-14)22-16(24)21-15(23)11-7-10(18)5-6-12(11)19/h3-7H,1-2H3,(H2,20,21,22,23,24). The molecule has 0 aliphatic rings. The Bertz CT molecular complexity index is 962. The maximum Gasteiger partial charge on any atom is 0.258 e. The third-order valence-electron chi connectivity index (χ3n) is 3.56. The molecule has 0 aliphatic heterocycles. The Kier molecular flexibility index (Phi) is 5.24. The van der Waals surface area contributed by atoms with Gasteiger partial charge in [0.1, 0.15) is 0 Å². The van der Waals surface area contributed by atoms with E-state index in [4.69, 9.17) is 35.4 Å². The number of carbonyl (C=O) groups excluding carboxylic acids is 1. The zero-order valence-electron chi connectivity index (χ0n) is 13.3. The molecule has 25 heavy (non-hydrogen) atoms. The molecule has 0 spiro atoms. The number of hydrogen-bond acceptors (Lipinski definition) is 4. The number of thiazole rings is 1. The fraction of sp³-hybridized carbons (Fsp3) is 0.118. The summed E-state index contributed by atoms with van der Waals surface area (Å²) in [5, 5.41) is 7.04. The highest BCUT2D eigenvalue weighted by Gasteiger charge is 2.14. The molecule has 128 valence electrons. The van der Waals surface area contributed by atoms with E-state index in [1.165, 1.54) is 17.4 Å². The fourth-order valence-electron chi connectivity index (χ4n) is 2.28. The van der Waals surface area contributed by atoms with Gasteiger partial charge in [0.25, 0.3) is 5.91 Å². The average Bonchev–Trinajstić information content (AvgIpc) is 2.98. The third kappa shape index (κ3) is 3.93. The van der Waals surface area contributed by atoms with Crippen LogP contribution in [-0.2, 0) is 0 Å². The molecule has 2 aromatic carbocycles. The quantitative estimate of drug-likeness (QED) is 0.560. The molecule has 8 heteroatoms. The van der Waals surface area contributed by atoms with E-state index in [9.17, 15) is 4.79 Å². The molecule has 1 aromatic heterocycles. The molecule has 4 nitrogen and oxygen atoms in total. The largest absolute Gasteiger partial charge is 0.308 e. The lowest BCUT2D eigenvalue weighted by atomic mass is 10.1. The highest BCUT2D eigenvalue weighted by atomic mass is 35.5. The second kappa shape index (κ2) is 7.25. The lowest BCUT2D eigenvalue weighted by Gasteiger charge is -2.08. The molecular formula is C17H13Cl2N3OS2. The van der Waals surface area contributed by atoms with Crippen LogP contribution in [0.1, 0.15) is 21.5 Å². The van der Waals surface area contributed by atoms with Gasteiger partial charge in [-0.15, -0.1) is 0 Å². The second-order valence-corrected chi connectivity index (χ2v) is 7.68. The van der Waals surface area contributed by atoms with Crippen molar-refractivity contribution < 1.29 is 4.79 Å². The molecule has 0 fully saturated rings. The molecule has 0 unspecified atom stereocenters. The van der Waals surface area contributed by atoms with Crippen molar-refractivity contribution in [2.45, 2.75) is 13.8 Å². The van der Waals surface area contributed by atoms with Gasteiger partial charge in [0.15, 0.2) is 10.2 Å². The Morgan fingerprint density at radius 1 is 1.16 bits per heavy atom. The summed E-state index contributed by atoms with van der Waals surface area (Å²) in [4.78, 5) is 16.8. The van der Waals surface area contributed by atoms with E-state index in [-0.39, 0.29) is 10.7 Å². The lowest BCUT2D eigenvalue weighted by Crippen LogP contribution is -2.34. The number of carbonyl (C=O) groups is 1. The Morgan fingerprint density at radius 2 is 1.88 bits per heavy atom. The minimum absolute atomic E-state index is 0.149. The van der Waals surface area contributed by atoms with Crippen molar-refractivity contribution in [3.63, 3.8) is 0 Å². The SMILES string of the molecule is Cc1ccc(C)c2sc(NC(=S)NC(=O)c3cc(Cl)ccc3Cl)nc12. The molecule has 3 rings (SSSR count). The number of hydrogen-bond donors (Lipinski definition) is 2. The minimum Gasteiger partial charge on any atom is -0.308 e. The summed E-state index contributed by atoms with van der Waals surface area (Å²) < 4.78 is 1.09. The molecule has 2 N–H and O–H groups in total. The summed E-state index contributed by atoms with van der Waals surface area (Å²) in [6, 6.07) is 8.76. The zero-order chi connectivity index (χ0) is 18.1. The van der Waals surface area contributed by atoms with E-state index >= 15 is 0 Å². The number of fused-ring (bicyclic) bond motifs is 1. The predicted molar refractivity (Wildman–Crippen MR) is 109 cm³/mol. The van der Waals surface area contributed by atoms with E-state index in [0.29, 0.717) is 15.2 Å². The molecule has 0 atom stereocenters. The smallest absolute Gasteiger partial charge is 0.258 e. The number of rotatable bonds is 2. The van der Waals surface area contributed by atoms with Crippen molar-refractivity contribution in [2.24, 2.45) is 0 Å². The van der Waals surface area contributed by atoms with Crippen molar-refractivity contribution in [2.75, 3.05) is 5.32 Å². The summed E-state index contributed by atoms with van der Waals surface area (Å²) in [6.45, 7) is 4.04. The summed E-state index contributed by atoms with van der Waals surface area (Å²) >= 11 is 18.6. The van der Waals surface area contributed by atoms with Crippen molar-refractivity contribution in [3.05, 3.63) is 57.1 Å². The summed E-state index contributed by atoms with van der Waals surface area (Å²) in [6.07, 6.45) is 0. The first kappa shape index (κ1) is 18.1. The first-order valence-corrected chi connectivity index (χ1v) is 9.27. The van der Waals surface area contributed by atoms with Crippen LogP contribution in [0.4, 0.5) is 5.13 Å². The van der Waals surface area contributed by atoms with Gasteiger partial charge in [0, 0.05) is 5.02 Å². The van der Waals surface area contributed by atoms with Gasteiger partial charge in [-0.1, -0.05) is 46.7 Å². The van der Waals surface area contributed by atoms with Crippen LogP contribution in [0.5, 0.6) is 0 Å². The Morgan fingerprint density at radius 3 is 2.60 bits per heavy atom. The summed E-state index contributed by atoms with van der Waals surface area (Å²) in [5.74, 6) is -0.432. The van der Waals surface area contributed by atoms with Gasteiger partial charge in [-0.25, -0.2) is 4.98 Å². The number of aryl methyl sites for hydroxylation is 2. The van der Waals surface area contributed by atoms with Gasteiger partial charge in [-0.05, 0) is 55.4 Å². The van der Waals surface area contributed by atoms with Crippen LogP contribution >= 0.6 is 46.8 Å². The van der Waals surface area contributed by atoms with Crippen LogP contribution < -0.4 is 10.6 Å². The van der Waals surface area contributed by atoms with Gasteiger partial charge < -0.3 is 5.32 Å². The number of nitrogens with one attached hydrogen (secondary N) is 2. The minimum atomic E-state index is -0.432.